The number of carbonyl (C=O) groups excluding carboxylic acids is 1. The van der Waals surface area contributed by atoms with Gasteiger partial charge in [0.15, 0.2) is 9.84 Å². The molecule has 7 heteroatoms. The number of hydrogen-bond acceptors (Lipinski definition) is 5. The van der Waals surface area contributed by atoms with E-state index in [1.165, 1.54) is 0 Å². The monoisotopic (exact) mass is 290 g/mol. The first-order valence-electron chi connectivity index (χ1n) is 6.74. The molecule has 2 saturated heterocycles. The highest BCUT2D eigenvalue weighted by Crippen LogP contribution is 2.17. The molecule has 2 heterocycles. The van der Waals surface area contributed by atoms with Crippen molar-refractivity contribution in [1.82, 2.24) is 9.80 Å². The molecule has 0 radical (unpaired) electrons. The topological polar surface area (TPSA) is 77.9 Å². The lowest BCUT2D eigenvalue weighted by atomic mass is 10.1. The van der Waals surface area contributed by atoms with Gasteiger partial charge in [-0.2, -0.15) is 0 Å². The molecule has 110 valence electrons. The summed E-state index contributed by atoms with van der Waals surface area (Å²) in [6.45, 7) is 1.62. The van der Waals surface area contributed by atoms with Gasteiger partial charge < -0.3 is 10.0 Å². The molecule has 0 aromatic carbocycles. The largest absolute Gasteiger partial charge is 0.392 e. The van der Waals surface area contributed by atoms with Crippen molar-refractivity contribution in [3.63, 3.8) is 0 Å². The molecule has 1 amide bonds. The van der Waals surface area contributed by atoms with Crippen LogP contribution in [0.4, 0.5) is 0 Å². The first-order valence-corrected chi connectivity index (χ1v) is 8.56. The van der Waals surface area contributed by atoms with Gasteiger partial charge in [0.05, 0.1) is 24.2 Å². The van der Waals surface area contributed by atoms with Crippen molar-refractivity contribution in [2.24, 2.45) is 0 Å². The Kier molecular flexibility index (Phi) is 4.47. The van der Waals surface area contributed by atoms with Crippen LogP contribution in [0.5, 0.6) is 0 Å². The number of aliphatic hydroxyl groups is 1. The summed E-state index contributed by atoms with van der Waals surface area (Å²) < 4.78 is 22.8. The van der Waals surface area contributed by atoms with Crippen LogP contribution < -0.4 is 0 Å². The summed E-state index contributed by atoms with van der Waals surface area (Å²) in [5, 5.41) is 9.57. The third-order valence-corrected chi connectivity index (χ3v) is 5.74. The predicted molar refractivity (Wildman–Crippen MR) is 71.5 cm³/mol. The van der Waals surface area contributed by atoms with Crippen LogP contribution in [0.3, 0.4) is 0 Å². The Morgan fingerprint density at radius 3 is 2.74 bits per heavy atom. The Hall–Kier alpha value is -0.660. The molecule has 2 atom stereocenters. The van der Waals surface area contributed by atoms with Crippen molar-refractivity contribution in [3.05, 3.63) is 0 Å². The van der Waals surface area contributed by atoms with Gasteiger partial charge in [-0.15, -0.1) is 0 Å². The number of likely N-dealkylation sites (N-methyl/N-ethyl adjacent to an activating group) is 1. The second kappa shape index (κ2) is 5.76. The number of β-amino-alcohol motifs (C(OH)–C–C–N with tert-alkyl or cyclic N) is 1. The van der Waals surface area contributed by atoms with Crippen LogP contribution in [0.2, 0.25) is 0 Å². The Morgan fingerprint density at radius 1 is 1.42 bits per heavy atom. The number of aliphatic hydroxyl groups excluding tert-OH is 1. The van der Waals surface area contributed by atoms with E-state index in [1.54, 1.807) is 11.9 Å². The van der Waals surface area contributed by atoms with Crippen LogP contribution in [0.25, 0.3) is 0 Å². The fourth-order valence-corrected chi connectivity index (χ4v) is 4.54. The molecule has 6 nitrogen and oxygen atoms in total. The van der Waals surface area contributed by atoms with Gasteiger partial charge in [0, 0.05) is 19.6 Å². The van der Waals surface area contributed by atoms with Gasteiger partial charge >= 0.3 is 0 Å². The molecule has 0 aliphatic carbocycles. The fraction of sp³-hybridized carbons (Fsp3) is 0.917. The lowest BCUT2D eigenvalue weighted by molar-refractivity contribution is -0.133. The molecule has 2 fully saturated rings. The van der Waals surface area contributed by atoms with E-state index in [4.69, 9.17) is 0 Å². The number of likely N-dealkylation sites (tertiary alicyclic amines) is 1. The summed E-state index contributed by atoms with van der Waals surface area (Å²) in [7, 11) is -1.29. The SMILES string of the molecule is CN(C(=O)CN1CCCC(O)C1)C1CCS(=O)(=O)C1. The summed E-state index contributed by atoms with van der Waals surface area (Å²) in [6.07, 6.45) is 1.88. The number of sulfone groups is 1. The zero-order valence-corrected chi connectivity index (χ0v) is 12.1. The van der Waals surface area contributed by atoms with Crippen molar-refractivity contribution in [1.29, 1.82) is 0 Å². The van der Waals surface area contributed by atoms with E-state index in [0.717, 1.165) is 19.4 Å². The molecule has 2 unspecified atom stereocenters. The second-order valence-corrected chi connectivity index (χ2v) is 7.82. The van der Waals surface area contributed by atoms with Gasteiger partial charge in [0.2, 0.25) is 5.91 Å². The minimum absolute atomic E-state index is 0.0591. The highest BCUT2D eigenvalue weighted by molar-refractivity contribution is 7.91. The Bertz CT molecular complexity index is 437. The molecule has 2 aliphatic heterocycles. The molecule has 2 rings (SSSR count). The number of hydrogen-bond donors (Lipinski definition) is 1. The number of nitrogens with zero attached hydrogens (tertiary/aromatic N) is 2. The van der Waals surface area contributed by atoms with Crippen LogP contribution in [-0.2, 0) is 14.6 Å². The summed E-state index contributed by atoms with van der Waals surface area (Å²) >= 11 is 0. The predicted octanol–water partition coefficient (Wildman–Crippen LogP) is -0.911. The Balaban J connectivity index is 1.86. The standard InChI is InChI=1S/C12H22N2O4S/c1-13(10-4-6-19(17,18)9-10)12(16)8-14-5-2-3-11(15)7-14/h10-11,15H,2-9H2,1H3. The molecule has 0 aromatic heterocycles. The van der Waals surface area contributed by atoms with E-state index in [0.29, 0.717) is 13.0 Å². The summed E-state index contributed by atoms with van der Waals surface area (Å²) in [5.74, 6) is 0.200. The zero-order valence-electron chi connectivity index (χ0n) is 11.3. The van der Waals surface area contributed by atoms with Crippen molar-refractivity contribution in [3.8, 4) is 0 Å². The fourth-order valence-electron chi connectivity index (χ4n) is 2.76. The maximum Gasteiger partial charge on any atom is 0.236 e. The van der Waals surface area contributed by atoms with Gasteiger partial charge in [-0.1, -0.05) is 0 Å². The second-order valence-electron chi connectivity index (χ2n) is 5.59. The van der Waals surface area contributed by atoms with Crippen LogP contribution in [-0.4, -0.2) is 79.6 Å². The molecule has 1 N–H and O–H groups in total. The third kappa shape index (κ3) is 3.90. The van der Waals surface area contributed by atoms with E-state index < -0.39 is 9.84 Å². The third-order valence-electron chi connectivity index (χ3n) is 3.99. The van der Waals surface area contributed by atoms with Crippen LogP contribution in [0, 0.1) is 0 Å². The molecular weight excluding hydrogens is 268 g/mol. The maximum atomic E-state index is 12.1. The average molecular weight is 290 g/mol. The van der Waals surface area contributed by atoms with Crippen molar-refractivity contribution >= 4 is 15.7 Å². The van der Waals surface area contributed by atoms with Gasteiger partial charge in [-0.3, -0.25) is 9.69 Å². The van der Waals surface area contributed by atoms with Crippen molar-refractivity contribution in [2.45, 2.75) is 31.4 Å². The molecule has 19 heavy (non-hydrogen) atoms. The first-order chi connectivity index (χ1) is 8.87. The van der Waals surface area contributed by atoms with Crippen molar-refractivity contribution in [2.75, 3.05) is 38.2 Å². The lowest BCUT2D eigenvalue weighted by Gasteiger charge is -2.32. The van der Waals surface area contributed by atoms with E-state index >= 15 is 0 Å². The van der Waals surface area contributed by atoms with Crippen LogP contribution >= 0.6 is 0 Å². The van der Waals surface area contributed by atoms with Gasteiger partial charge in [-0.05, 0) is 25.8 Å². The highest BCUT2D eigenvalue weighted by Gasteiger charge is 2.33. The Morgan fingerprint density at radius 2 is 2.16 bits per heavy atom. The smallest absolute Gasteiger partial charge is 0.236 e. The molecule has 0 aromatic rings. The quantitative estimate of drug-likeness (QED) is 0.728. The average Bonchev–Trinajstić information content (AvgIpc) is 2.68. The number of amides is 1. The van der Waals surface area contributed by atoms with E-state index in [1.807, 2.05) is 4.90 Å². The molecule has 0 saturated carbocycles. The number of carbonyl (C=O) groups is 1. The summed E-state index contributed by atoms with van der Waals surface area (Å²) in [4.78, 5) is 15.6. The van der Waals surface area contributed by atoms with Gasteiger partial charge in [0.1, 0.15) is 0 Å². The van der Waals surface area contributed by atoms with Gasteiger partial charge in [0.25, 0.3) is 0 Å². The Labute approximate surface area is 114 Å². The molecular formula is C12H22N2O4S. The van der Waals surface area contributed by atoms with E-state index in [-0.39, 0.29) is 36.1 Å². The number of piperidine rings is 1. The first kappa shape index (κ1) is 14.7. The molecule has 0 spiro atoms. The lowest BCUT2D eigenvalue weighted by Crippen LogP contribution is -2.47. The van der Waals surface area contributed by atoms with Crippen LogP contribution in [0.1, 0.15) is 19.3 Å². The molecule has 0 bridgehead atoms. The maximum absolute atomic E-state index is 12.1. The van der Waals surface area contributed by atoms with E-state index in [2.05, 4.69) is 0 Å². The van der Waals surface area contributed by atoms with Crippen molar-refractivity contribution < 1.29 is 18.3 Å². The highest BCUT2D eigenvalue weighted by atomic mass is 32.2. The minimum atomic E-state index is -2.96. The van der Waals surface area contributed by atoms with Crippen LogP contribution in [0.15, 0.2) is 0 Å². The van der Waals surface area contributed by atoms with Gasteiger partial charge in [-0.25, -0.2) is 8.42 Å². The summed E-state index contributed by atoms with van der Waals surface area (Å²) in [5.41, 5.74) is 0. The normalized spacial score (nSPS) is 31.3. The van der Waals surface area contributed by atoms with E-state index in [9.17, 15) is 18.3 Å². The zero-order chi connectivity index (χ0) is 14.0. The number of rotatable bonds is 3. The minimum Gasteiger partial charge on any atom is -0.392 e. The summed E-state index contributed by atoms with van der Waals surface area (Å²) in [6, 6.07) is -0.188. The molecule has 2 aliphatic rings.